The molecule has 1 saturated carbocycles. The van der Waals surface area contributed by atoms with Gasteiger partial charge in [-0.3, -0.25) is 0 Å². The summed E-state index contributed by atoms with van der Waals surface area (Å²) in [6, 6.07) is 0. The summed E-state index contributed by atoms with van der Waals surface area (Å²) in [6.45, 7) is 14.8. The normalized spacial score (nSPS) is 29.3. The molecule has 0 atom stereocenters. The molecule has 0 spiro atoms. The van der Waals surface area contributed by atoms with Gasteiger partial charge in [0.1, 0.15) is 0 Å². The first-order chi connectivity index (χ1) is 7.62. The first kappa shape index (κ1) is 15.1. The number of rotatable bonds is 0. The highest BCUT2D eigenvalue weighted by Gasteiger charge is 2.31. The predicted octanol–water partition coefficient (Wildman–Crippen LogP) is 6.20. The van der Waals surface area contributed by atoms with Crippen LogP contribution in [0.2, 0.25) is 0 Å². The zero-order chi connectivity index (χ0) is 13.2. The van der Waals surface area contributed by atoms with Gasteiger partial charge in [-0.2, -0.15) is 0 Å². The second-order valence-electron chi connectivity index (χ2n) is 8.73. The van der Waals surface area contributed by atoms with Gasteiger partial charge >= 0.3 is 0 Å². The molecule has 0 aromatic carbocycles. The van der Waals surface area contributed by atoms with Crippen LogP contribution in [-0.4, -0.2) is 0 Å². The topological polar surface area (TPSA) is 0 Å². The Bertz CT molecular complexity index is 232. The minimum atomic E-state index is 0.519. The summed E-state index contributed by atoms with van der Waals surface area (Å²) in [5.41, 5.74) is 1.62. The fourth-order valence-electron chi connectivity index (χ4n) is 3.66. The summed E-state index contributed by atoms with van der Waals surface area (Å²) in [5, 5.41) is 0. The monoisotopic (exact) mass is 238 g/mol. The summed E-state index contributed by atoms with van der Waals surface area (Å²) in [7, 11) is 0. The SMILES string of the molecule is CC1(C)CCCCCC(C)(C)CC(C)(C)CC1. The van der Waals surface area contributed by atoms with Crippen molar-refractivity contribution in [2.75, 3.05) is 0 Å². The maximum atomic E-state index is 2.47. The minimum absolute atomic E-state index is 0.519. The third kappa shape index (κ3) is 5.93. The molecule has 0 nitrogen and oxygen atoms in total. The van der Waals surface area contributed by atoms with E-state index in [1.807, 2.05) is 0 Å². The third-order valence-corrected chi connectivity index (χ3v) is 4.64. The molecule has 0 heteroatoms. The van der Waals surface area contributed by atoms with Gasteiger partial charge in [0, 0.05) is 0 Å². The standard InChI is InChI=1S/C17H34/c1-15(2)10-8-7-9-11-16(3,4)14-17(5,6)13-12-15/h7-14H2,1-6H3. The van der Waals surface area contributed by atoms with E-state index in [1.165, 1.54) is 51.4 Å². The van der Waals surface area contributed by atoms with Gasteiger partial charge in [0.25, 0.3) is 0 Å². The molecule has 102 valence electrons. The van der Waals surface area contributed by atoms with Crippen LogP contribution < -0.4 is 0 Å². The van der Waals surface area contributed by atoms with Crippen LogP contribution in [0.5, 0.6) is 0 Å². The molecule has 1 fully saturated rings. The van der Waals surface area contributed by atoms with Crippen molar-refractivity contribution in [1.82, 2.24) is 0 Å². The van der Waals surface area contributed by atoms with Crippen LogP contribution >= 0.6 is 0 Å². The Balaban J connectivity index is 2.70. The van der Waals surface area contributed by atoms with Crippen LogP contribution in [-0.2, 0) is 0 Å². The second-order valence-corrected chi connectivity index (χ2v) is 8.73. The average molecular weight is 238 g/mol. The minimum Gasteiger partial charge on any atom is -0.0599 e. The van der Waals surface area contributed by atoms with E-state index in [-0.39, 0.29) is 0 Å². The van der Waals surface area contributed by atoms with Gasteiger partial charge in [-0.25, -0.2) is 0 Å². The first-order valence-corrected chi connectivity index (χ1v) is 7.62. The van der Waals surface area contributed by atoms with Crippen molar-refractivity contribution in [3.63, 3.8) is 0 Å². The predicted molar refractivity (Wildman–Crippen MR) is 78.3 cm³/mol. The largest absolute Gasteiger partial charge is 0.0599 e. The van der Waals surface area contributed by atoms with Crippen molar-refractivity contribution in [2.24, 2.45) is 16.2 Å². The van der Waals surface area contributed by atoms with Crippen LogP contribution in [0.4, 0.5) is 0 Å². The van der Waals surface area contributed by atoms with Crippen LogP contribution in [0.15, 0.2) is 0 Å². The van der Waals surface area contributed by atoms with Crippen LogP contribution in [0.25, 0.3) is 0 Å². The Hall–Kier alpha value is 0. The summed E-state index contributed by atoms with van der Waals surface area (Å²) >= 11 is 0. The molecule has 0 unspecified atom stereocenters. The maximum absolute atomic E-state index is 2.47. The third-order valence-electron chi connectivity index (χ3n) is 4.64. The Morgan fingerprint density at radius 3 is 1.47 bits per heavy atom. The molecule has 1 aliphatic carbocycles. The fourth-order valence-corrected chi connectivity index (χ4v) is 3.66. The Morgan fingerprint density at radius 2 is 0.882 bits per heavy atom. The molecule has 0 saturated heterocycles. The number of hydrogen-bond acceptors (Lipinski definition) is 0. The van der Waals surface area contributed by atoms with Crippen LogP contribution in [0.1, 0.15) is 92.9 Å². The molecule has 1 rings (SSSR count). The van der Waals surface area contributed by atoms with Crippen molar-refractivity contribution in [3.8, 4) is 0 Å². The van der Waals surface area contributed by atoms with E-state index in [1.54, 1.807) is 0 Å². The Morgan fingerprint density at radius 1 is 0.471 bits per heavy atom. The Kier molecular flexibility index (Phi) is 4.72. The van der Waals surface area contributed by atoms with Crippen molar-refractivity contribution in [3.05, 3.63) is 0 Å². The van der Waals surface area contributed by atoms with Gasteiger partial charge < -0.3 is 0 Å². The quantitative estimate of drug-likeness (QED) is 0.471. The second kappa shape index (κ2) is 5.33. The van der Waals surface area contributed by atoms with E-state index in [0.29, 0.717) is 16.2 Å². The molecule has 1 aliphatic rings. The lowest BCUT2D eigenvalue weighted by molar-refractivity contribution is 0.150. The van der Waals surface area contributed by atoms with Gasteiger partial charge in [-0.1, -0.05) is 60.8 Å². The first-order valence-electron chi connectivity index (χ1n) is 7.62. The molecular weight excluding hydrogens is 204 g/mol. The molecule has 0 radical (unpaired) electrons. The molecule has 17 heavy (non-hydrogen) atoms. The fraction of sp³-hybridized carbons (Fsp3) is 1.00. The lowest BCUT2D eigenvalue weighted by atomic mass is 9.69. The molecule has 0 amide bonds. The average Bonchev–Trinajstić information content (AvgIpc) is 2.13. The molecule has 0 heterocycles. The lowest BCUT2D eigenvalue weighted by Gasteiger charge is -2.36. The molecule has 0 N–H and O–H groups in total. The van der Waals surface area contributed by atoms with E-state index in [2.05, 4.69) is 41.5 Å². The van der Waals surface area contributed by atoms with E-state index in [4.69, 9.17) is 0 Å². The number of hydrogen-bond donors (Lipinski definition) is 0. The van der Waals surface area contributed by atoms with E-state index in [0.717, 1.165) is 0 Å². The zero-order valence-electron chi connectivity index (χ0n) is 13.2. The van der Waals surface area contributed by atoms with E-state index in [9.17, 15) is 0 Å². The van der Waals surface area contributed by atoms with Crippen LogP contribution in [0.3, 0.4) is 0 Å². The molecule has 0 aromatic rings. The van der Waals surface area contributed by atoms with Crippen LogP contribution in [0, 0.1) is 16.2 Å². The van der Waals surface area contributed by atoms with E-state index >= 15 is 0 Å². The highest BCUT2D eigenvalue weighted by molar-refractivity contribution is 4.82. The zero-order valence-corrected chi connectivity index (χ0v) is 13.2. The molecule has 0 aliphatic heterocycles. The summed E-state index contributed by atoms with van der Waals surface area (Å²) in [6.07, 6.45) is 11.3. The van der Waals surface area contributed by atoms with Crippen molar-refractivity contribution in [1.29, 1.82) is 0 Å². The van der Waals surface area contributed by atoms with Crippen molar-refractivity contribution >= 4 is 0 Å². The molecule has 0 bridgehead atoms. The molecule has 0 aromatic heterocycles. The van der Waals surface area contributed by atoms with Gasteiger partial charge in [0.05, 0.1) is 0 Å². The van der Waals surface area contributed by atoms with E-state index < -0.39 is 0 Å². The van der Waals surface area contributed by atoms with Gasteiger partial charge in [-0.05, 0) is 48.3 Å². The maximum Gasteiger partial charge on any atom is -0.0349 e. The van der Waals surface area contributed by atoms with Gasteiger partial charge in [0.15, 0.2) is 0 Å². The lowest BCUT2D eigenvalue weighted by Crippen LogP contribution is -2.24. The smallest absolute Gasteiger partial charge is 0.0349 e. The summed E-state index contributed by atoms with van der Waals surface area (Å²) < 4.78 is 0. The summed E-state index contributed by atoms with van der Waals surface area (Å²) in [4.78, 5) is 0. The van der Waals surface area contributed by atoms with Crippen molar-refractivity contribution in [2.45, 2.75) is 92.9 Å². The van der Waals surface area contributed by atoms with Gasteiger partial charge in [-0.15, -0.1) is 0 Å². The van der Waals surface area contributed by atoms with Crippen molar-refractivity contribution < 1.29 is 0 Å². The highest BCUT2D eigenvalue weighted by Crippen LogP contribution is 2.43. The summed E-state index contributed by atoms with van der Waals surface area (Å²) in [5.74, 6) is 0. The molecular formula is C17H34. The highest BCUT2D eigenvalue weighted by atomic mass is 14.4. The van der Waals surface area contributed by atoms with Gasteiger partial charge in [0.2, 0.25) is 0 Å². The Labute approximate surface area is 110 Å².